The Hall–Kier alpha value is -3.22. The van der Waals surface area contributed by atoms with Crippen LogP contribution in [0.2, 0.25) is 0 Å². The predicted octanol–water partition coefficient (Wildman–Crippen LogP) is 1.36. The molecule has 160 valence electrons. The van der Waals surface area contributed by atoms with Gasteiger partial charge in [-0.2, -0.15) is 0 Å². The van der Waals surface area contributed by atoms with Crippen molar-refractivity contribution in [3.63, 3.8) is 0 Å². The lowest BCUT2D eigenvalue weighted by atomic mass is 9.81. The molecule has 2 amide bonds. The number of anilines is 3. The lowest BCUT2D eigenvalue weighted by Gasteiger charge is -2.33. The van der Waals surface area contributed by atoms with Gasteiger partial charge in [0.2, 0.25) is 11.8 Å². The monoisotopic (exact) mass is 443 g/mol. The molecule has 30 heavy (non-hydrogen) atoms. The minimum absolute atomic E-state index is 0.202. The maximum atomic E-state index is 13.0. The van der Waals surface area contributed by atoms with Gasteiger partial charge in [-0.15, -0.1) is 10.2 Å². The van der Waals surface area contributed by atoms with E-state index in [-0.39, 0.29) is 22.2 Å². The van der Waals surface area contributed by atoms with E-state index in [1.807, 2.05) is 0 Å². The van der Waals surface area contributed by atoms with E-state index in [0.29, 0.717) is 0 Å². The third kappa shape index (κ3) is 4.67. The molecule has 3 rings (SSSR count). The molecular formula is C17H18F2N6O4S. The Morgan fingerprint density at radius 3 is 2.67 bits per heavy atom. The number of nitrogens with one attached hydrogen (secondary N) is 3. The van der Waals surface area contributed by atoms with Crippen LogP contribution in [-0.2, 0) is 14.6 Å². The highest BCUT2D eigenvalue weighted by Gasteiger charge is 2.48. The summed E-state index contributed by atoms with van der Waals surface area (Å²) < 4.78 is 71.7. The van der Waals surface area contributed by atoms with E-state index in [9.17, 15) is 26.8 Å². The van der Waals surface area contributed by atoms with Crippen LogP contribution < -0.4 is 16.0 Å². The second-order valence-corrected chi connectivity index (χ2v) is 8.63. The molecular weight excluding hydrogens is 422 g/mol. The maximum absolute atomic E-state index is 13.0. The molecule has 1 fully saturated rings. The van der Waals surface area contributed by atoms with Crippen molar-refractivity contribution in [3.8, 4) is 0 Å². The fourth-order valence-electron chi connectivity index (χ4n) is 2.76. The van der Waals surface area contributed by atoms with Gasteiger partial charge in [-0.1, -0.05) is 0 Å². The van der Waals surface area contributed by atoms with Crippen LogP contribution in [0.5, 0.6) is 0 Å². The Labute approximate surface area is 174 Å². The van der Waals surface area contributed by atoms with Gasteiger partial charge in [-0.3, -0.25) is 9.59 Å². The molecule has 3 N–H and O–H groups in total. The van der Waals surface area contributed by atoms with E-state index >= 15 is 0 Å². The Kier molecular flexibility index (Phi) is 4.64. The number of aromatic nitrogens is 3. The fourth-order valence-corrected chi connectivity index (χ4v) is 3.54. The van der Waals surface area contributed by atoms with Crippen LogP contribution in [0.25, 0.3) is 0 Å². The lowest BCUT2D eigenvalue weighted by Crippen LogP contribution is -2.42. The van der Waals surface area contributed by atoms with Crippen LogP contribution in [0.3, 0.4) is 0 Å². The fraction of sp³-hybridized carbons (Fsp3) is 0.353. The second-order valence-electron chi connectivity index (χ2n) is 6.64. The minimum atomic E-state index is -3.76. The molecule has 13 heteroatoms. The van der Waals surface area contributed by atoms with E-state index in [1.54, 1.807) is 5.32 Å². The summed E-state index contributed by atoms with van der Waals surface area (Å²) in [5.74, 6) is -6.20. The Bertz CT molecular complexity index is 1200. The molecule has 2 heterocycles. The number of sulfone groups is 1. The normalized spacial score (nSPS) is 17.6. The number of rotatable bonds is 6. The van der Waals surface area contributed by atoms with Crippen LogP contribution in [0, 0.1) is 5.92 Å². The molecule has 1 aliphatic carbocycles. The van der Waals surface area contributed by atoms with E-state index in [1.165, 1.54) is 18.3 Å². The van der Waals surface area contributed by atoms with Gasteiger partial charge in [0.15, 0.2) is 21.3 Å². The molecule has 0 radical (unpaired) electrons. The van der Waals surface area contributed by atoms with Gasteiger partial charge in [-0.25, -0.2) is 22.2 Å². The standard InChI is InChI=1S/C17H18F2N6O4S/c1-20-16(27)13-10(22-14-11(30(2,28)29)4-3-5-21-14)6-12(24-25-13)23-15(26)9-7-17(18,19)8-9/h3-6,9H,7-8H2,1-2H3,(H,20,27)(H2,21,22,23,24,26)/i1D3. The average molecular weight is 443 g/mol. The molecule has 2 aromatic rings. The van der Waals surface area contributed by atoms with Crippen molar-refractivity contribution in [1.82, 2.24) is 20.5 Å². The number of halogens is 2. The highest BCUT2D eigenvalue weighted by Crippen LogP contribution is 2.42. The van der Waals surface area contributed by atoms with Crippen molar-refractivity contribution in [2.24, 2.45) is 5.92 Å². The van der Waals surface area contributed by atoms with Crippen molar-refractivity contribution in [2.45, 2.75) is 23.7 Å². The first kappa shape index (κ1) is 17.6. The van der Waals surface area contributed by atoms with E-state index in [0.717, 1.165) is 12.3 Å². The molecule has 1 aliphatic rings. The van der Waals surface area contributed by atoms with Crippen molar-refractivity contribution < 1.29 is 30.9 Å². The van der Waals surface area contributed by atoms with Crippen molar-refractivity contribution in [3.05, 3.63) is 30.1 Å². The molecule has 0 atom stereocenters. The van der Waals surface area contributed by atoms with Gasteiger partial charge in [0, 0.05) is 48.4 Å². The zero-order valence-electron chi connectivity index (χ0n) is 18.4. The first-order chi connectivity index (χ1) is 15.1. The van der Waals surface area contributed by atoms with Gasteiger partial charge in [0.1, 0.15) is 10.7 Å². The third-order valence-corrected chi connectivity index (χ3v) is 5.39. The number of hydrogen-bond donors (Lipinski definition) is 3. The molecule has 0 bridgehead atoms. The van der Waals surface area contributed by atoms with Gasteiger partial charge in [-0.05, 0) is 12.1 Å². The van der Waals surface area contributed by atoms with Crippen molar-refractivity contribution in [1.29, 1.82) is 0 Å². The van der Waals surface area contributed by atoms with Crippen LogP contribution in [0.4, 0.5) is 26.1 Å². The largest absolute Gasteiger partial charge is 0.354 e. The summed E-state index contributed by atoms with van der Waals surface area (Å²) in [5.41, 5.74) is -0.769. The van der Waals surface area contributed by atoms with Crippen molar-refractivity contribution >= 4 is 39.0 Å². The second kappa shape index (κ2) is 7.89. The summed E-state index contributed by atoms with van der Waals surface area (Å²) in [5, 5.41) is 13.9. The van der Waals surface area contributed by atoms with Gasteiger partial charge >= 0.3 is 0 Å². The van der Waals surface area contributed by atoms with Crippen LogP contribution in [-0.4, -0.2) is 54.6 Å². The summed E-state index contributed by atoms with van der Waals surface area (Å²) in [6, 6.07) is 3.70. The number of alkyl halides is 2. The summed E-state index contributed by atoms with van der Waals surface area (Å²) in [6.45, 7) is -2.86. The SMILES string of the molecule is [2H]C([2H])([2H])NC(=O)c1nnc(NC(=O)C2CC(F)(F)C2)cc1Nc1ncccc1S(C)(=O)=O. The predicted molar refractivity (Wildman–Crippen MR) is 102 cm³/mol. The maximum Gasteiger partial charge on any atom is 0.273 e. The molecule has 0 spiro atoms. The zero-order chi connectivity index (χ0) is 24.6. The van der Waals surface area contributed by atoms with Crippen LogP contribution in [0.1, 0.15) is 27.4 Å². The number of hydrogen-bond acceptors (Lipinski definition) is 8. The van der Waals surface area contributed by atoms with Gasteiger partial charge in [0.05, 0.1) is 5.69 Å². The van der Waals surface area contributed by atoms with E-state index in [2.05, 4.69) is 25.8 Å². The average Bonchev–Trinajstić information content (AvgIpc) is 2.64. The van der Waals surface area contributed by atoms with E-state index in [4.69, 9.17) is 4.11 Å². The number of nitrogens with zero attached hydrogens (tertiary/aromatic N) is 3. The number of carbonyl (C=O) groups is 2. The molecule has 0 unspecified atom stereocenters. The Balaban J connectivity index is 1.95. The van der Waals surface area contributed by atoms with Gasteiger partial charge < -0.3 is 16.0 Å². The minimum Gasteiger partial charge on any atom is -0.354 e. The first-order valence-electron chi connectivity index (χ1n) is 9.96. The Morgan fingerprint density at radius 1 is 1.30 bits per heavy atom. The molecule has 0 saturated heterocycles. The highest BCUT2D eigenvalue weighted by molar-refractivity contribution is 7.90. The summed E-state index contributed by atoms with van der Waals surface area (Å²) >= 11 is 0. The smallest absolute Gasteiger partial charge is 0.273 e. The van der Waals surface area contributed by atoms with Crippen molar-refractivity contribution in [2.75, 3.05) is 23.9 Å². The zero-order valence-corrected chi connectivity index (χ0v) is 16.3. The quantitative estimate of drug-likeness (QED) is 0.607. The van der Waals surface area contributed by atoms with Crippen LogP contribution >= 0.6 is 0 Å². The molecule has 1 saturated carbocycles. The van der Waals surface area contributed by atoms with E-state index < -0.39 is 59.0 Å². The van der Waals surface area contributed by atoms with Gasteiger partial charge in [0.25, 0.3) is 5.91 Å². The lowest BCUT2D eigenvalue weighted by molar-refractivity contribution is -0.145. The summed E-state index contributed by atoms with van der Waals surface area (Å²) in [6.07, 6.45) is 0.958. The molecule has 0 aromatic carbocycles. The third-order valence-electron chi connectivity index (χ3n) is 4.26. The number of pyridine rings is 1. The van der Waals surface area contributed by atoms with Crippen LogP contribution in [0.15, 0.2) is 29.3 Å². The summed E-state index contributed by atoms with van der Waals surface area (Å²) in [4.78, 5) is 28.3. The molecule has 2 aromatic heterocycles. The summed E-state index contributed by atoms with van der Waals surface area (Å²) in [7, 11) is -3.76. The molecule has 10 nitrogen and oxygen atoms in total. The number of carbonyl (C=O) groups excluding carboxylic acids is 2. The number of amides is 2. The first-order valence-corrected chi connectivity index (χ1v) is 10.3. The highest BCUT2D eigenvalue weighted by atomic mass is 32.2. The molecule has 0 aliphatic heterocycles. The topological polar surface area (TPSA) is 143 Å². The Morgan fingerprint density at radius 2 is 2.03 bits per heavy atom.